The molecule has 0 unspecified atom stereocenters. The van der Waals surface area contributed by atoms with Gasteiger partial charge in [-0.3, -0.25) is 4.98 Å². The first-order valence-corrected chi connectivity index (χ1v) is 21.1. The maximum atomic E-state index is 5.11. The summed E-state index contributed by atoms with van der Waals surface area (Å²) in [5.74, 6) is 1.81. The van der Waals surface area contributed by atoms with E-state index in [0.29, 0.717) is 17.5 Å². The van der Waals surface area contributed by atoms with Crippen LogP contribution in [-0.4, -0.2) is 19.9 Å². The van der Waals surface area contributed by atoms with E-state index in [1.165, 1.54) is 44.5 Å². The molecule has 4 heteroatoms. The Kier molecular flexibility index (Phi) is 9.24. The van der Waals surface area contributed by atoms with Crippen molar-refractivity contribution in [3.05, 3.63) is 276 Å². The fourth-order valence-electron chi connectivity index (χ4n) is 9.91. The fraction of sp³-hybridized carbons (Fsp3) is 0.0345. The van der Waals surface area contributed by atoms with Crippen molar-refractivity contribution in [1.82, 2.24) is 19.9 Å². The van der Waals surface area contributed by atoms with Gasteiger partial charge in [0.2, 0.25) is 0 Å². The number of benzene rings is 8. The molecule has 11 rings (SSSR count). The van der Waals surface area contributed by atoms with Gasteiger partial charge in [0.1, 0.15) is 0 Å². The first-order chi connectivity index (χ1) is 30.7. The van der Waals surface area contributed by atoms with Crippen molar-refractivity contribution in [2.75, 3.05) is 0 Å². The molecule has 0 atom stereocenters. The molecule has 8 aromatic carbocycles. The smallest absolute Gasteiger partial charge is 0.165 e. The van der Waals surface area contributed by atoms with E-state index in [1.54, 1.807) is 0 Å². The molecule has 1 aliphatic rings. The van der Waals surface area contributed by atoms with Crippen LogP contribution in [0.4, 0.5) is 0 Å². The second-order valence-corrected chi connectivity index (χ2v) is 15.7. The van der Waals surface area contributed by atoms with Gasteiger partial charge in [-0.15, -0.1) is 0 Å². The van der Waals surface area contributed by atoms with Gasteiger partial charge in [0, 0.05) is 28.5 Å². The SMILES string of the molecule is c1ccc(-c2nc(-c3ccccc3)nc(-c3ccc(-c4ccc5c(c4)-c4ccccc4C(c4ccccc4)(c4ccccc4)C5(c4ccccc4)c4ccccc4)nc3)n2)cc1. The van der Waals surface area contributed by atoms with E-state index >= 15 is 0 Å². The second-order valence-electron chi connectivity index (χ2n) is 15.7. The van der Waals surface area contributed by atoms with Crippen LogP contribution < -0.4 is 0 Å². The highest BCUT2D eigenvalue weighted by atomic mass is 15.0. The number of hydrogen-bond donors (Lipinski definition) is 0. The first kappa shape index (κ1) is 37.0. The third-order valence-electron chi connectivity index (χ3n) is 12.5. The molecule has 2 heterocycles. The minimum atomic E-state index is -0.705. The van der Waals surface area contributed by atoms with Crippen LogP contribution in [0.2, 0.25) is 0 Å². The van der Waals surface area contributed by atoms with Gasteiger partial charge in [0.15, 0.2) is 17.5 Å². The molecule has 0 aliphatic heterocycles. The Morgan fingerprint density at radius 1 is 0.274 bits per heavy atom. The molecule has 0 N–H and O–H groups in total. The predicted molar refractivity (Wildman–Crippen MR) is 250 cm³/mol. The normalized spacial score (nSPS) is 13.4. The zero-order valence-electron chi connectivity index (χ0n) is 33.9. The van der Waals surface area contributed by atoms with E-state index in [9.17, 15) is 0 Å². The molecule has 4 nitrogen and oxygen atoms in total. The summed E-state index contributed by atoms with van der Waals surface area (Å²) in [5, 5.41) is 0. The minimum absolute atomic E-state index is 0.574. The molecule has 0 spiro atoms. The topological polar surface area (TPSA) is 51.6 Å². The van der Waals surface area contributed by atoms with Crippen molar-refractivity contribution in [1.29, 1.82) is 0 Å². The van der Waals surface area contributed by atoms with Crippen LogP contribution in [0.5, 0.6) is 0 Å². The zero-order chi connectivity index (χ0) is 41.4. The number of hydrogen-bond acceptors (Lipinski definition) is 4. The Morgan fingerprint density at radius 2 is 0.645 bits per heavy atom. The maximum absolute atomic E-state index is 5.11. The lowest BCUT2D eigenvalue weighted by molar-refractivity contribution is 0.415. The molecular formula is C58H40N4. The average Bonchev–Trinajstić information content (AvgIpc) is 3.37. The summed E-state index contributed by atoms with van der Waals surface area (Å²) >= 11 is 0. The summed E-state index contributed by atoms with van der Waals surface area (Å²) in [4.78, 5) is 19.9. The number of aromatic nitrogens is 4. The average molecular weight is 793 g/mol. The van der Waals surface area contributed by atoms with Crippen molar-refractivity contribution >= 4 is 0 Å². The summed E-state index contributed by atoms with van der Waals surface area (Å²) in [6, 6.07) is 84.6. The minimum Gasteiger partial charge on any atom is -0.255 e. The highest BCUT2D eigenvalue weighted by Gasteiger charge is 2.61. The van der Waals surface area contributed by atoms with Gasteiger partial charge in [0.05, 0.1) is 16.5 Å². The van der Waals surface area contributed by atoms with Crippen LogP contribution in [0, 0.1) is 0 Å². The van der Waals surface area contributed by atoms with Crippen molar-refractivity contribution in [3.8, 4) is 56.5 Å². The van der Waals surface area contributed by atoms with Gasteiger partial charge >= 0.3 is 0 Å². The van der Waals surface area contributed by atoms with Gasteiger partial charge in [-0.1, -0.05) is 218 Å². The van der Waals surface area contributed by atoms with Crippen molar-refractivity contribution in [2.45, 2.75) is 10.8 Å². The fourth-order valence-corrected chi connectivity index (χ4v) is 9.91. The highest BCUT2D eigenvalue weighted by molar-refractivity contribution is 5.88. The summed E-state index contributed by atoms with van der Waals surface area (Å²) in [7, 11) is 0. The van der Waals surface area contributed by atoms with Crippen molar-refractivity contribution in [3.63, 3.8) is 0 Å². The van der Waals surface area contributed by atoms with Crippen LogP contribution >= 0.6 is 0 Å². The Labute approximate surface area is 362 Å². The zero-order valence-corrected chi connectivity index (χ0v) is 33.9. The van der Waals surface area contributed by atoms with Crippen LogP contribution in [0.1, 0.15) is 33.4 Å². The monoisotopic (exact) mass is 792 g/mol. The molecule has 0 bridgehead atoms. The highest BCUT2D eigenvalue weighted by Crippen LogP contribution is 2.65. The van der Waals surface area contributed by atoms with Crippen LogP contribution in [-0.2, 0) is 10.8 Å². The van der Waals surface area contributed by atoms with E-state index in [-0.39, 0.29) is 0 Å². The molecule has 10 aromatic rings. The number of nitrogens with zero attached hydrogens (tertiary/aromatic N) is 4. The predicted octanol–water partition coefficient (Wildman–Crippen LogP) is 13.3. The number of fused-ring (bicyclic) bond motifs is 3. The molecule has 0 saturated carbocycles. The number of pyridine rings is 1. The largest absolute Gasteiger partial charge is 0.255 e. The van der Waals surface area contributed by atoms with Crippen LogP contribution in [0.25, 0.3) is 56.5 Å². The number of rotatable bonds is 8. The summed E-state index contributed by atoms with van der Waals surface area (Å²) in [6.07, 6.45) is 1.88. The summed E-state index contributed by atoms with van der Waals surface area (Å²) in [6.45, 7) is 0. The third-order valence-corrected chi connectivity index (χ3v) is 12.5. The molecule has 292 valence electrons. The Hall–Kier alpha value is -8.08. The lowest BCUT2D eigenvalue weighted by Crippen LogP contribution is -2.54. The maximum Gasteiger partial charge on any atom is 0.165 e. The van der Waals surface area contributed by atoms with Crippen molar-refractivity contribution in [2.24, 2.45) is 0 Å². The second kappa shape index (κ2) is 15.5. The third kappa shape index (κ3) is 5.91. The van der Waals surface area contributed by atoms with Gasteiger partial charge in [-0.2, -0.15) is 0 Å². The van der Waals surface area contributed by atoms with E-state index < -0.39 is 10.8 Å². The molecule has 0 amide bonds. The Morgan fingerprint density at radius 3 is 1.08 bits per heavy atom. The molecule has 2 aromatic heterocycles. The van der Waals surface area contributed by atoms with E-state index in [2.05, 4.69) is 176 Å². The van der Waals surface area contributed by atoms with Gasteiger partial charge in [0.25, 0.3) is 0 Å². The van der Waals surface area contributed by atoms with Gasteiger partial charge in [-0.25, -0.2) is 15.0 Å². The Bertz CT molecular complexity index is 3000. The molecule has 0 radical (unpaired) electrons. The quantitative estimate of drug-likeness (QED) is 0.154. The summed E-state index contributed by atoms with van der Waals surface area (Å²) < 4.78 is 0. The molecule has 62 heavy (non-hydrogen) atoms. The van der Waals surface area contributed by atoms with E-state index in [1.807, 2.05) is 66.9 Å². The van der Waals surface area contributed by atoms with Crippen LogP contribution in [0.3, 0.4) is 0 Å². The first-order valence-electron chi connectivity index (χ1n) is 21.1. The van der Waals surface area contributed by atoms with E-state index in [0.717, 1.165) is 27.9 Å². The molecular weight excluding hydrogens is 753 g/mol. The van der Waals surface area contributed by atoms with Crippen LogP contribution in [0.15, 0.2) is 243 Å². The summed E-state index contributed by atoms with van der Waals surface area (Å²) in [5.41, 5.74) is 12.9. The molecule has 0 fully saturated rings. The van der Waals surface area contributed by atoms with Gasteiger partial charge in [-0.05, 0) is 62.7 Å². The Balaban J connectivity index is 1.13. The molecule has 0 saturated heterocycles. The lowest BCUT2D eigenvalue weighted by Gasteiger charge is -2.57. The van der Waals surface area contributed by atoms with E-state index in [4.69, 9.17) is 19.9 Å². The van der Waals surface area contributed by atoms with Gasteiger partial charge < -0.3 is 0 Å². The standard InChI is InChI=1S/C58H40N4/c1-7-21-41(22-8-1)54-60-55(42-23-9-2-10-24-42)62-56(61-54)44-36-38-53(59-40-44)43-35-37-52-50(39-43)49-33-19-20-34-51(49)57(45-25-11-3-12-26-45,46-27-13-4-14-28-46)58(52,47-29-15-5-16-30-47)48-31-17-6-18-32-48/h1-40H. The molecule has 1 aliphatic carbocycles. The van der Waals surface area contributed by atoms with Crippen molar-refractivity contribution < 1.29 is 0 Å². The lowest BCUT2D eigenvalue weighted by atomic mass is 9.43.